The second-order valence-electron chi connectivity index (χ2n) is 6.23. The van der Waals surface area contributed by atoms with Gasteiger partial charge in [-0.3, -0.25) is 0 Å². The molecular weight excluding hydrogens is 184 g/mol. The Kier molecular flexibility index (Phi) is 4.64. The van der Waals surface area contributed by atoms with Crippen molar-refractivity contribution in [2.45, 2.75) is 84.2 Å². The topological polar surface area (TPSA) is 20.2 Å². The highest BCUT2D eigenvalue weighted by Crippen LogP contribution is 2.45. The third-order valence-electron chi connectivity index (χ3n) is 3.82. The molecule has 1 nitrogen and oxygen atoms in total. The average Bonchev–Trinajstić information content (AvgIpc) is 2.41. The molecule has 1 aliphatic carbocycles. The van der Waals surface area contributed by atoms with Gasteiger partial charge in [-0.2, -0.15) is 0 Å². The van der Waals surface area contributed by atoms with Crippen LogP contribution in [0.25, 0.3) is 0 Å². The van der Waals surface area contributed by atoms with E-state index in [0.717, 1.165) is 19.3 Å². The highest BCUT2D eigenvalue weighted by Gasteiger charge is 2.40. The van der Waals surface area contributed by atoms with Crippen LogP contribution in [0.15, 0.2) is 0 Å². The Hall–Kier alpha value is -0.0400. The van der Waals surface area contributed by atoms with E-state index in [1.807, 2.05) is 0 Å². The van der Waals surface area contributed by atoms with Gasteiger partial charge in [-0.1, -0.05) is 52.9 Å². The number of rotatable bonds is 6. The summed E-state index contributed by atoms with van der Waals surface area (Å²) in [4.78, 5) is 0. The van der Waals surface area contributed by atoms with Crippen LogP contribution in [0.4, 0.5) is 0 Å². The fourth-order valence-electron chi connectivity index (χ4n) is 2.91. The molecule has 0 bridgehead atoms. The molecule has 0 aromatic carbocycles. The molecule has 1 aliphatic rings. The van der Waals surface area contributed by atoms with Crippen LogP contribution in [-0.4, -0.2) is 10.7 Å². The number of unbranched alkanes of at least 4 members (excludes halogenated alkanes) is 4. The Bertz CT molecular complexity index is 186. The summed E-state index contributed by atoms with van der Waals surface area (Å²) in [6, 6.07) is 0. The Balaban J connectivity index is 2.15. The molecule has 0 saturated heterocycles. The minimum absolute atomic E-state index is 0.324. The second-order valence-corrected chi connectivity index (χ2v) is 6.23. The summed E-state index contributed by atoms with van der Waals surface area (Å²) in [6.07, 6.45) is 10.8. The van der Waals surface area contributed by atoms with Gasteiger partial charge in [0.05, 0.1) is 5.60 Å². The van der Waals surface area contributed by atoms with Gasteiger partial charge in [0, 0.05) is 0 Å². The van der Waals surface area contributed by atoms with Gasteiger partial charge in [0.25, 0.3) is 0 Å². The lowest BCUT2D eigenvalue weighted by atomic mass is 9.87. The number of hydrogen-bond acceptors (Lipinski definition) is 1. The van der Waals surface area contributed by atoms with E-state index in [1.54, 1.807) is 0 Å². The Morgan fingerprint density at radius 1 is 1.00 bits per heavy atom. The molecule has 0 aromatic rings. The van der Waals surface area contributed by atoms with Crippen molar-refractivity contribution in [3.63, 3.8) is 0 Å². The fraction of sp³-hybridized carbons (Fsp3) is 1.00. The molecule has 1 fully saturated rings. The largest absolute Gasteiger partial charge is 0.390 e. The molecule has 1 rings (SSSR count). The van der Waals surface area contributed by atoms with E-state index in [9.17, 15) is 5.11 Å². The summed E-state index contributed by atoms with van der Waals surface area (Å²) in [5.74, 6) is 0. The summed E-state index contributed by atoms with van der Waals surface area (Å²) in [6.45, 7) is 6.80. The van der Waals surface area contributed by atoms with Crippen LogP contribution in [0, 0.1) is 5.41 Å². The molecule has 0 aliphatic heterocycles. The highest BCUT2D eigenvalue weighted by atomic mass is 16.3. The summed E-state index contributed by atoms with van der Waals surface area (Å²) in [5, 5.41) is 10.4. The maximum absolute atomic E-state index is 10.4. The molecule has 1 N–H and O–H groups in total. The normalized spacial score (nSPS) is 29.6. The van der Waals surface area contributed by atoms with Gasteiger partial charge in [-0.15, -0.1) is 0 Å². The Morgan fingerprint density at radius 3 is 2.20 bits per heavy atom. The van der Waals surface area contributed by atoms with Crippen molar-refractivity contribution < 1.29 is 5.11 Å². The van der Waals surface area contributed by atoms with E-state index in [4.69, 9.17) is 0 Å². The molecule has 1 unspecified atom stereocenters. The minimum Gasteiger partial charge on any atom is -0.390 e. The molecule has 0 spiro atoms. The van der Waals surface area contributed by atoms with Crippen LogP contribution < -0.4 is 0 Å². The second kappa shape index (κ2) is 5.34. The van der Waals surface area contributed by atoms with Crippen LogP contribution in [0.3, 0.4) is 0 Å². The molecule has 1 atom stereocenters. The zero-order valence-corrected chi connectivity index (χ0v) is 10.8. The van der Waals surface area contributed by atoms with Crippen LogP contribution in [0.5, 0.6) is 0 Å². The van der Waals surface area contributed by atoms with Crippen LogP contribution >= 0.6 is 0 Å². The van der Waals surface area contributed by atoms with Crippen molar-refractivity contribution in [1.29, 1.82) is 0 Å². The van der Waals surface area contributed by atoms with Gasteiger partial charge >= 0.3 is 0 Å². The zero-order chi connectivity index (χ0) is 11.4. The average molecular weight is 212 g/mol. The summed E-state index contributed by atoms with van der Waals surface area (Å²) >= 11 is 0. The molecule has 0 aromatic heterocycles. The third-order valence-corrected chi connectivity index (χ3v) is 3.82. The van der Waals surface area contributed by atoms with E-state index < -0.39 is 0 Å². The summed E-state index contributed by atoms with van der Waals surface area (Å²) in [7, 11) is 0. The van der Waals surface area contributed by atoms with Gasteiger partial charge in [-0.05, 0) is 31.1 Å². The maximum Gasteiger partial charge on any atom is 0.0653 e. The predicted octanol–water partition coefficient (Wildman–Crippen LogP) is 4.29. The lowest BCUT2D eigenvalue weighted by Crippen LogP contribution is -2.25. The first kappa shape index (κ1) is 13.0. The van der Waals surface area contributed by atoms with Crippen molar-refractivity contribution in [3.8, 4) is 0 Å². The molecule has 1 saturated carbocycles. The van der Waals surface area contributed by atoms with Gasteiger partial charge < -0.3 is 5.11 Å². The maximum atomic E-state index is 10.4. The van der Waals surface area contributed by atoms with Crippen LogP contribution in [0.1, 0.15) is 78.6 Å². The molecule has 90 valence electrons. The van der Waals surface area contributed by atoms with Crippen LogP contribution in [0.2, 0.25) is 0 Å². The summed E-state index contributed by atoms with van der Waals surface area (Å²) in [5.41, 5.74) is 0.0495. The van der Waals surface area contributed by atoms with Crippen LogP contribution in [-0.2, 0) is 0 Å². The van der Waals surface area contributed by atoms with Gasteiger partial charge in [0.1, 0.15) is 0 Å². The van der Waals surface area contributed by atoms with Crippen molar-refractivity contribution in [3.05, 3.63) is 0 Å². The molecule has 0 heterocycles. The van der Waals surface area contributed by atoms with E-state index in [2.05, 4.69) is 20.8 Å². The minimum atomic E-state index is -0.324. The van der Waals surface area contributed by atoms with E-state index >= 15 is 0 Å². The third kappa shape index (κ3) is 4.55. The van der Waals surface area contributed by atoms with E-state index in [0.29, 0.717) is 5.41 Å². The quantitative estimate of drug-likeness (QED) is 0.651. The van der Waals surface area contributed by atoms with Crippen molar-refractivity contribution in [2.24, 2.45) is 5.41 Å². The van der Waals surface area contributed by atoms with Crippen molar-refractivity contribution >= 4 is 0 Å². The van der Waals surface area contributed by atoms with E-state index in [-0.39, 0.29) is 5.60 Å². The Morgan fingerprint density at radius 2 is 1.67 bits per heavy atom. The zero-order valence-electron chi connectivity index (χ0n) is 10.8. The first-order valence-corrected chi connectivity index (χ1v) is 6.70. The predicted molar refractivity (Wildman–Crippen MR) is 66.0 cm³/mol. The molecule has 0 amide bonds. The molecule has 15 heavy (non-hydrogen) atoms. The molecular formula is C14H28O. The number of aliphatic hydroxyl groups is 1. The highest BCUT2D eigenvalue weighted by molar-refractivity contribution is 4.93. The Labute approximate surface area is 95.3 Å². The monoisotopic (exact) mass is 212 g/mol. The first-order chi connectivity index (χ1) is 6.97. The fourth-order valence-corrected chi connectivity index (χ4v) is 2.91. The summed E-state index contributed by atoms with van der Waals surface area (Å²) < 4.78 is 0. The van der Waals surface area contributed by atoms with Crippen molar-refractivity contribution in [2.75, 3.05) is 0 Å². The van der Waals surface area contributed by atoms with Gasteiger partial charge in [0.15, 0.2) is 0 Å². The van der Waals surface area contributed by atoms with Crippen molar-refractivity contribution in [1.82, 2.24) is 0 Å². The SMILES string of the molecule is CCCCCCCC1(O)CCC(C)(C)C1. The van der Waals surface area contributed by atoms with Gasteiger partial charge in [-0.25, -0.2) is 0 Å². The number of hydrogen-bond donors (Lipinski definition) is 1. The molecule has 0 radical (unpaired) electrons. The first-order valence-electron chi connectivity index (χ1n) is 6.70. The smallest absolute Gasteiger partial charge is 0.0653 e. The standard InChI is InChI=1S/C14H28O/c1-4-5-6-7-8-9-14(15)11-10-13(2,3)12-14/h15H,4-12H2,1-3H3. The van der Waals surface area contributed by atoms with E-state index in [1.165, 1.54) is 38.5 Å². The van der Waals surface area contributed by atoms with Gasteiger partial charge in [0.2, 0.25) is 0 Å². The lowest BCUT2D eigenvalue weighted by molar-refractivity contribution is 0.0264. The molecule has 1 heteroatoms. The lowest BCUT2D eigenvalue weighted by Gasteiger charge is -2.25.